The zero-order valence-corrected chi connectivity index (χ0v) is 18.2. The number of rotatable bonds is 7. The van der Waals surface area contributed by atoms with Gasteiger partial charge in [-0.15, -0.1) is 24.0 Å². The molecular formula is C15H32IN3OS2. The van der Waals surface area contributed by atoms with Crippen LogP contribution >= 0.6 is 35.7 Å². The van der Waals surface area contributed by atoms with Crippen molar-refractivity contribution in [2.24, 2.45) is 4.99 Å². The number of nitrogens with zero attached hydrogens (tertiary/aromatic N) is 1. The van der Waals surface area contributed by atoms with Gasteiger partial charge in [-0.25, -0.2) is 0 Å². The quantitative estimate of drug-likeness (QED) is 0.348. The summed E-state index contributed by atoms with van der Waals surface area (Å²) >= 11 is 1.84. The van der Waals surface area contributed by atoms with Crippen molar-refractivity contribution in [2.75, 3.05) is 25.1 Å². The maximum absolute atomic E-state index is 12.0. The number of thioether (sulfide) groups is 1. The van der Waals surface area contributed by atoms with Crippen molar-refractivity contribution >= 4 is 52.5 Å². The Morgan fingerprint density at radius 3 is 2.73 bits per heavy atom. The van der Waals surface area contributed by atoms with E-state index in [0.717, 1.165) is 50.5 Å². The van der Waals surface area contributed by atoms with Crippen molar-refractivity contribution in [1.29, 1.82) is 0 Å². The second-order valence-electron chi connectivity index (χ2n) is 5.57. The van der Waals surface area contributed by atoms with Crippen LogP contribution in [0.15, 0.2) is 4.99 Å². The molecule has 1 rings (SSSR count). The fraction of sp³-hybridized carbons (Fsp3) is 0.933. The summed E-state index contributed by atoms with van der Waals surface area (Å²) in [5, 5.41) is 7.75. The van der Waals surface area contributed by atoms with Crippen LogP contribution in [0.4, 0.5) is 0 Å². The van der Waals surface area contributed by atoms with Crippen LogP contribution in [0.1, 0.15) is 46.5 Å². The minimum atomic E-state index is -0.669. The maximum Gasteiger partial charge on any atom is 0.191 e. The zero-order valence-electron chi connectivity index (χ0n) is 14.3. The van der Waals surface area contributed by atoms with Gasteiger partial charge in [0.25, 0.3) is 0 Å². The summed E-state index contributed by atoms with van der Waals surface area (Å²) in [5.74, 6) is 1.68. The van der Waals surface area contributed by atoms with Gasteiger partial charge in [-0.2, -0.15) is 11.8 Å². The molecule has 0 aliphatic heterocycles. The van der Waals surface area contributed by atoms with Crippen LogP contribution in [0.2, 0.25) is 0 Å². The van der Waals surface area contributed by atoms with Crippen LogP contribution in [-0.2, 0) is 10.8 Å². The van der Waals surface area contributed by atoms with Gasteiger partial charge in [-0.1, -0.05) is 20.3 Å². The number of guanidine groups is 1. The van der Waals surface area contributed by atoms with Gasteiger partial charge in [0, 0.05) is 39.6 Å². The summed E-state index contributed by atoms with van der Waals surface area (Å²) in [4.78, 5) is 4.67. The van der Waals surface area contributed by atoms with Gasteiger partial charge in [0.2, 0.25) is 0 Å². The first-order valence-corrected chi connectivity index (χ1v) is 10.7. The molecule has 0 bridgehead atoms. The van der Waals surface area contributed by atoms with Crippen molar-refractivity contribution in [3.63, 3.8) is 0 Å². The van der Waals surface area contributed by atoms with E-state index in [4.69, 9.17) is 0 Å². The summed E-state index contributed by atoms with van der Waals surface area (Å²) in [5.41, 5.74) is 0. The van der Waals surface area contributed by atoms with Gasteiger partial charge in [0.05, 0.1) is 6.54 Å². The molecule has 7 heteroatoms. The first kappa shape index (κ1) is 22.5. The molecule has 0 aromatic heterocycles. The maximum atomic E-state index is 12.0. The highest BCUT2D eigenvalue weighted by molar-refractivity contribution is 14.0. The predicted molar refractivity (Wildman–Crippen MR) is 112 cm³/mol. The minimum absolute atomic E-state index is 0. The standard InChI is InChI=1S/C15H31N3OS2.HI/c1-5-16-15(17-11-12(3)20-4)18-13-8-7-9-14(10-13)21(19)6-2;/h12-14H,5-11H2,1-4H3,(H2,16,17,18);1H. The Labute approximate surface area is 159 Å². The number of aliphatic imine (C=N–C) groups is 1. The van der Waals surface area contributed by atoms with Crippen LogP contribution in [0.3, 0.4) is 0 Å². The van der Waals surface area contributed by atoms with E-state index in [1.54, 1.807) is 0 Å². The van der Waals surface area contributed by atoms with Gasteiger partial charge >= 0.3 is 0 Å². The molecular weight excluding hydrogens is 429 g/mol. The minimum Gasteiger partial charge on any atom is -0.357 e. The van der Waals surface area contributed by atoms with Gasteiger partial charge in [0.15, 0.2) is 5.96 Å². The smallest absolute Gasteiger partial charge is 0.191 e. The molecule has 132 valence electrons. The van der Waals surface area contributed by atoms with Gasteiger partial charge < -0.3 is 10.6 Å². The Hall–Kier alpha value is 0.500. The summed E-state index contributed by atoms with van der Waals surface area (Å²) < 4.78 is 12.0. The first-order chi connectivity index (χ1) is 10.1. The van der Waals surface area contributed by atoms with E-state index < -0.39 is 10.8 Å². The van der Waals surface area contributed by atoms with Gasteiger partial charge in [-0.3, -0.25) is 9.20 Å². The molecule has 0 heterocycles. The normalized spacial score (nSPS) is 25.0. The van der Waals surface area contributed by atoms with E-state index in [9.17, 15) is 4.21 Å². The Morgan fingerprint density at radius 1 is 1.41 bits per heavy atom. The second kappa shape index (κ2) is 12.9. The first-order valence-electron chi connectivity index (χ1n) is 8.05. The monoisotopic (exact) mass is 461 g/mol. The zero-order chi connectivity index (χ0) is 15.7. The fourth-order valence-corrected chi connectivity index (χ4v) is 4.13. The van der Waals surface area contributed by atoms with Crippen LogP contribution in [-0.4, -0.2) is 51.8 Å². The Balaban J connectivity index is 0.00000441. The average Bonchev–Trinajstić information content (AvgIpc) is 2.51. The molecule has 1 aliphatic rings. The lowest BCUT2D eigenvalue weighted by Crippen LogP contribution is -2.46. The molecule has 0 aromatic carbocycles. The molecule has 1 saturated carbocycles. The van der Waals surface area contributed by atoms with E-state index >= 15 is 0 Å². The molecule has 1 aliphatic carbocycles. The summed E-state index contributed by atoms with van der Waals surface area (Å²) in [6, 6.07) is 0.404. The highest BCUT2D eigenvalue weighted by Crippen LogP contribution is 2.23. The number of hydrogen-bond donors (Lipinski definition) is 2. The lowest BCUT2D eigenvalue weighted by molar-refractivity contribution is 0.413. The van der Waals surface area contributed by atoms with E-state index in [-0.39, 0.29) is 24.0 Å². The molecule has 1 fully saturated rings. The Kier molecular flexibility index (Phi) is 13.2. The predicted octanol–water partition coefficient (Wildman–Crippen LogP) is 2.99. The molecule has 0 spiro atoms. The SMILES string of the molecule is CCNC(=NCC(C)SC)NC1CCCC(S(=O)CC)C1.I. The van der Waals surface area contributed by atoms with Crippen molar-refractivity contribution in [1.82, 2.24) is 10.6 Å². The van der Waals surface area contributed by atoms with Crippen LogP contribution in [0.25, 0.3) is 0 Å². The molecule has 0 amide bonds. The summed E-state index contributed by atoms with van der Waals surface area (Å²) in [6.07, 6.45) is 6.54. The molecule has 4 nitrogen and oxygen atoms in total. The van der Waals surface area contributed by atoms with Gasteiger partial charge in [-0.05, 0) is 32.4 Å². The highest BCUT2D eigenvalue weighted by atomic mass is 127. The molecule has 0 saturated heterocycles. The second-order valence-corrected chi connectivity index (χ2v) is 8.85. The third-order valence-corrected chi connectivity index (χ3v) is 6.57. The van der Waals surface area contributed by atoms with E-state index in [1.165, 1.54) is 0 Å². The molecule has 2 N–H and O–H groups in total. The Morgan fingerprint density at radius 2 is 2.14 bits per heavy atom. The third-order valence-electron chi connectivity index (χ3n) is 3.88. The molecule has 0 aromatic rings. The summed E-state index contributed by atoms with van der Waals surface area (Å²) in [6.45, 7) is 8.00. The highest BCUT2D eigenvalue weighted by Gasteiger charge is 2.26. The van der Waals surface area contributed by atoms with E-state index in [2.05, 4.69) is 35.7 Å². The molecule has 4 atom stereocenters. The average molecular weight is 461 g/mol. The van der Waals surface area contributed by atoms with Crippen LogP contribution in [0.5, 0.6) is 0 Å². The molecule has 22 heavy (non-hydrogen) atoms. The van der Waals surface area contributed by atoms with Crippen molar-refractivity contribution in [3.05, 3.63) is 0 Å². The topological polar surface area (TPSA) is 53.5 Å². The number of nitrogens with one attached hydrogen (secondary N) is 2. The number of hydrogen-bond acceptors (Lipinski definition) is 3. The molecule has 0 radical (unpaired) electrons. The van der Waals surface area contributed by atoms with Crippen molar-refractivity contribution in [2.45, 2.75) is 63.0 Å². The summed E-state index contributed by atoms with van der Waals surface area (Å²) in [7, 11) is -0.669. The third kappa shape index (κ3) is 8.38. The lowest BCUT2D eigenvalue weighted by atomic mass is 9.95. The fourth-order valence-electron chi connectivity index (χ4n) is 2.56. The van der Waals surface area contributed by atoms with E-state index in [1.807, 2.05) is 18.7 Å². The van der Waals surface area contributed by atoms with Crippen LogP contribution in [0, 0.1) is 0 Å². The largest absolute Gasteiger partial charge is 0.357 e. The molecule has 4 unspecified atom stereocenters. The lowest BCUT2D eigenvalue weighted by Gasteiger charge is -2.30. The van der Waals surface area contributed by atoms with Crippen molar-refractivity contribution < 1.29 is 4.21 Å². The van der Waals surface area contributed by atoms with E-state index in [0.29, 0.717) is 16.5 Å². The Bertz CT molecular complexity index is 356. The van der Waals surface area contributed by atoms with Crippen molar-refractivity contribution in [3.8, 4) is 0 Å². The van der Waals surface area contributed by atoms with Gasteiger partial charge in [0.1, 0.15) is 0 Å². The number of halogens is 1. The van der Waals surface area contributed by atoms with Crippen LogP contribution < -0.4 is 10.6 Å².